The first-order valence-corrected chi connectivity index (χ1v) is 8.23. The Balaban J connectivity index is 1.99. The minimum absolute atomic E-state index is 0.163. The van der Waals surface area contributed by atoms with Gasteiger partial charge in [-0.3, -0.25) is 0 Å². The van der Waals surface area contributed by atoms with E-state index in [9.17, 15) is 4.39 Å². The van der Waals surface area contributed by atoms with Gasteiger partial charge < -0.3 is 5.32 Å². The summed E-state index contributed by atoms with van der Waals surface area (Å²) in [7, 11) is 0. The molecule has 1 N–H and O–H groups in total. The van der Waals surface area contributed by atoms with Gasteiger partial charge in [-0.1, -0.05) is 64.0 Å². The maximum Gasteiger partial charge on any atom is 0.123 e. The smallest absolute Gasteiger partial charge is 0.123 e. The number of halogens is 1. The van der Waals surface area contributed by atoms with Crippen molar-refractivity contribution in [3.05, 3.63) is 35.6 Å². The Bertz CT molecular complexity index is 334. The van der Waals surface area contributed by atoms with Gasteiger partial charge in [-0.05, 0) is 37.6 Å². The molecule has 1 aromatic carbocycles. The second-order valence-electron chi connectivity index (χ2n) is 5.70. The third kappa shape index (κ3) is 7.64. The first kappa shape index (κ1) is 17.2. The van der Waals surface area contributed by atoms with Crippen LogP contribution in [0.3, 0.4) is 0 Å². The number of hydrogen-bond acceptors (Lipinski definition) is 1. The summed E-state index contributed by atoms with van der Waals surface area (Å²) < 4.78 is 12.8. The summed E-state index contributed by atoms with van der Waals surface area (Å²) >= 11 is 0. The minimum atomic E-state index is -0.163. The predicted octanol–water partition coefficient (Wildman–Crippen LogP) is 5.62. The molecule has 114 valence electrons. The number of rotatable bonds is 11. The van der Waals surface area contributed by atoms with E-state index in [1.165, 1.54) is 63.5 Å². The molecule has 1 nitrogen and oxygen atoms in total. The monoisotopic (exact) mass is 279 g/mol. The minimum Gasteiger partial charge on any atom is -0.310 e. The highest BCUT2D eigenvalue weighted by molar-refractivity contribution is 5.19. The van der Waals surface area contributed by atoms with E-state index in [1.54, 1.807) is 0 Å². The molecule has 0 amide bonds. The van der Waals surface area contributed by atoms with E-state index in [-0.39, 0.29) is 5.82 Å². The number of benzene rings is 1. The summed E-state index contributed by atoms with van der Waals surface area (Å²) in [5.41, 5.74) is 1.16. The molecular weight excluding hydrogens is 249 g/mol. The summed E-state index contributed by atoms with van der Waals surface area (Å²) in [5.74, 6) is -0.163. The van der Waals surface area contributed by atoms with Crippen LogP contribution in [0.1, 0.15) is 76.8 Å². The fourth-order valence-corrected chi connectivity index (χ4v) is 2.45. The lowest BCUT2D eigenvalue weighted by molar-refractivity contribution is 0.521. The van der Waals surface area contributed by atoms with Crippen LogP contribution in [-0.4, -0.2) is 6.54 Å². The van der Waals surface area contributed by atoms with E-state index in [0.717, 1.165) is 12.1 Å². The lowest BCUT2D eigenvalue weighted by Gasteiger charge is -2.14. The van der Waals surface area contributed by atoms with Crippen molar-refractivity contribution in [2.24, 2.45) is 0 Å². The van der Waals surface area contributed by atoms with Crippen LogP contribution >= 0.6 is 0 Å². The Hall–Kier alpha value is -0.890. The van der Waals surface area contributed by atoms with Crippen molar-refractivity contribution in [2.45, 2.75) is 71.3 Å². The maximum atomic E-state index is 12.8. The SMILES string of the molecule is CCCCCCCCCCNC(C)c1ccc(F)cc1. The molecule has 0 aliphatic heterocycles. The lowest BCUT2D eigenvalue weighted by atomic mass is 10.1. The molecule has 1 unspecified atom stereocenters. The van der Waals surface area contributed by atoms with E-state index in [1.807, 2.05) is 12.1 Å². The van der Waals surface area contributed by atoms with Crippen LogP contribution in [0.2, 0.25) is 0 Å². The number of hydrogen-bond donors (Lipinski definition) is 1. The van der Waals surface area contributed by atoms with E-state index in [2.05, 4.69) is 19.2 Å². The standard InChI is InChI=1S/C18H30FN/c1-3-4-5-6-7-8-9-10-15-20-16(2)17-11-13-18(19)14-12-17/h11-14,16,20H,3-10,15H2,1-2H3. The fourth-order valence-electron chi connectivity index (χ4n) is 2.45. The zero-order chi connectivity index (χ0) is 14.6. The Kier molecular flexibility index (Phi) is 9.31. The van der Waals surface area contributed by atoms with Gasteiger partial charge in [0.1, 0.15) is 5.82 Å². The van der Waals surface area contributed by atoms with Gasteiger partial charge in [0, 0.05) is 6.04 Å². The Morgan fingerprint density at radius 3 is 2.05 bits per heavy atom. The van der Waals surface area contributed by atoms with Crippen molar-refractivity contribution in [2.75, 3.05) is 6.54 Å². The van der Waals surface area contributed by atoms with Crippen molar-refractivity contribution >= 4 is 0 Å². The van der Waals surface area contributed by atoms with Crippen LogP contribution in [0.4, 0.5) is 4.39 Å². The van der Waals surface area contributed by atoms with Gasteiger partial charge in [-0.15, -0.1) is 0 Å². The van der Waals surface area contributed by atoms with Gasteiger partial charge in [0.2, 0.25) is 0 Å². The molecule has 2 heteroatoms. The molecule has 0 saturated heterocycles. The maximum absolute atomic E-state index is 12.8. The molecule has 20 heavy (non-hydrogen) atoms. The fraction of sp³-hybridized carbons (Fsp3) is 0.667. The van der Waals surface area contributed by atoms with Gasteiger partial charge in [0.05, 0.1) is 0 Å². The van der Waals surface area contributed by atoms with E-state index in [4.69, 9.17) is 0 Å². The average Bonchev–Trinajstić information content (AvgIpc) is 2.46. The third-order valence-electron chi connectivity index (χ3n) is 3.85. The summed E-state index contributed by atoms with van der Waals surface area (Å²) in [6.45, 7) is 5.44. The van der Waals surface area contributed by atoms with E-state index < -0.39 is 0 Å². The Morgan fingerprint density at radius 1 is 0.900 bits per heavy atom. The molecule has 1 rings (SSSR count). The van der Waals surface area contributed by atoms with Crippen molar-refractivity contribution < 1.29 is 4.39 Å². The van der Waals surface area contributed by atoms with Gasteiger partial charge in [-0.25, -0.2) is 4.39 Å². The molecule has 0 aromatic heterocycles. The molecule has 0 aliphatic carbocycles. The highest BCUT2D eigenvalue weighted by atomic mass is 19.1. The van der Waals surface area contributed by atoms with Crippen molar-refractivity contribution in [3.63, 3.8) is 0 Å². The van der Waals surface area contributed by atoms with Crippen molar-refractivity contribution in [3.8, 4) is 0 Å². The Labute approximate surface area is 124 Å². The van der Waals surface area contributed by atoms with E-state index in [0.29, 0.717) is 6.04 Å². The zero-order valence-corrected chi connectivity index (χ0v) is 13.1. The van der Waals surface area contributed by atoms with Gasteiger partial charge >= 0.3 is 0 Å². The van der Waals surface area contributed by atoms with Crippen molar-refractivity contribution in [1.82, 2.24) is 5.32 Å². The first-order valence-electron chi connectivity index (χ1n) is 8.23. The quantitative estimate of drug-likeness (QED) is 0.519. The molecule has 0 bridgehead atoms. The van der Waals surface area contributed by atoms with Crippen LogP contribution in [0, 0.1) is 5.82 Å². The lowest BCUT2D eigenvalue weighted by Crippen LogP contribution is -2.19. The van der Waals surface area contributed by atoms with Crippen LogP contribution in [-0.2, 0) is 0 Å². The number of nitrogens with one attached hydrogen (secondary N) is 1. The highest BCUT2D eigenvalue weighted by Gasteiger charge is 2.03. The molecule has 1 atom stereocenters. The topological polar surface area (TPSA) is 12.0 Å². The first-order chi connectivity index (χ1) is 9.74. The summed E-state index contributed by atoms with van der Waals surface area (Å²) in [5, 5.41) is 3.51. The van der Waals surface area contributed by atoms with Crippen LogP contribution in [0.25, 0.3) is 0 Å². The predicted molar refractivity (Wildman–Crippen MR) is 85.4 cm³/mol. The summed E-state index contributed by atoms with van der Waals surface area (Å²) in [4.78, 5) is 0. The van der Waals surface area contributed by atoms with Crippen LogP contribution < -0.4 is 5.32 Å². The Morgan fingerprint density at radius 2 is 1.45 bits per heavy atom. The second kappa shape index (κ2) is 10.8. The van der Waals surface area contributed by atoms with Crippen LogP contribution in [0.15, 0.2) is 24.3 Å². The highest BCUT2D eigenvalue weighted by Crippen LogP contribution is 2.13. The third-order valence-corrected chi connectivity index (χ3v) is 3.85. The zero-order valence-electron chi connectivity index (χ0n) is 13.1. The molecule has 0 spiro atoms. The summed E-state index contributed by atoms with van der Waals surface area (Å²) in [6, 6.07) is 7.09. The van der Waals surface area contributed by atoms with Crippen molar-refractivity contribution in [1.29, 1.82) is 0 Å². The molecule has 0 aliphatic rings. The van der Waals surface area contributed by atoms with Gasteiger partial charge in [-0.2, -0.15) is 0 Å². The molecule has 0 radical (unpaired) electrons. The van der Waals surface area contributed by atoms with Gasteiger partial charge in [0.15, 0.2) is 0 Å². The van der Waals surface area contributed by atoms with Gasteiger partial charge in [0.25, 0.3) is 0 Å². The molecule has 0 heterocycles. The van der Waals surface area contributed by atoms with Crippen LogP contribution in [0.5, 0.6) is 0 Å². The largest absolute Gasteiger partial charge is 0.310 e. The number of unbranched alkanes of at least 4 members (excludes halogenated alkanes) is 7. The molecule has 1 aromatic rings. The normalized spacial score (nSPS) is 12.6. The average molecular weight is 279 g/mol. The molecule has 0 saturated carbocycles. The second-order valence-corrected chi connectivity index (χ2v) is 5.70. The molecular formula is C18H30FN. The molecule has 0 fully saturated rings. The van der Waals surface area contributed by atoms with E-state index >= 15 is 0 Å². The summed E-state index contributed by atoms with van der Waals surface area (Å²) in [6.07, 6.45) is 10.8.